The van der Waals surface area contributed by atoms with Crippen molar-refractivity contribution in [2.75, 3.05) is 6.54 Å². The van der Waals surface area contributed by atoms with Gasteiger partial charge in [-0.2, -0.15) is 0 Å². The van der Waals surface area contributed by atoms with E-state index in [1.165, 1.54) is 12.8 Å². The summed E-state index contributed by atoms with van der Waals surface area (Å²) in [5.74, 6) is 0.838. The van der Waals surface area contributed by atoms with Crippen LogP contribution in [0.1, 0.15) is 46.5 Å². The van der Waals surface area contributed by atoms with Gasteiger partial charge in [-0.1, -0.05) is 12.8 Å². The Labute approximate surface area is 109 Å². The number of hydrogen-bond donors (Lipinski definition) is 0. The highest BCUT2D eigenvalue weighted by Gasteiger charge is 2.45. The smallest absolute Gasteiger partial charge is 0.410 e. The van der Waals surface area contributed by atoms with Crippen LogP contribution in [0.5, 0.6) is 0 Å². The van der Waals surface area contributed by atoms with E-state index in [4.69, 9.17) is 4.74 Å². The van der Waals surface area contributed by atoms with E-state index in [-0.39, 0.29) is 12.1 Å². The minimum atomic E-state index is -0.502. The highest BCUT2D eigenvalue weighted by Crippen LogP contribution is 2.40. The average Bonchev–Trinajstić information content (AvgIpc) is 2.65. The molecule has 1 heterocycles. The van der Waals surface area contributed by atoms with Crippen LogP contribution in [-0.4, -0.2) is 35.5 Å². The minimum absolute atomic E-state index is 0.273. The summed E-state index contributed by atoms with van der Waals surface area (Å²) in [7, 11) is 0. The minimum Gasteiger partial charge on any atom is -0.444 e. The van der Waals surface area contributed by atoms with Crippen LogP contribution < -0.4 is 0 Å². The Morgan fingerprint density at radius 3 is 2.56 bits per heavy atom. The summed E-state index contributed by atoms with van der Waals surface area (Å²) in [4.78, 5) is 25.0. The van der Waals surface area contributed by atoms with E-state index < -0.39 is 5.60 Å². The molecular weight excluding hydrogens is 230 g/mol. The molecule has 0 N–H and O–H groups in total. The van der Waals surface area contributed by atoms with E-state index >= 15 is 0 Å². The molecule has 1 aliphatic heterocycles. The Morgan fingerprint density at radius 2 is 1.94 bits per heavy atom. The van der Waals surface area contributed by atoms with E-state index in [9.17, 15) is 9.59 Å². The number of rotatable bonds is 1. The lowest BCUT2D eigenvalue weighted by atomic mass is 9.79. The topological polar surface area (TPSA) is 46.6 Å². The molecule has 0 spiro atoms. The number of carbonyl (C=O) groups excluding carboxylic acids is 2. The van der Waals surface area contributed by atoms with E-state index in [0.29, 0.717) is 18.4 Å². The lowest BCUT2D eigenvalue weighted by Gasteiger charge is -2.28. The summed E-state index contributed by atoms with van der Waals surface area (Å²) >= 11 is 0. The molecule has 1 aliphatic carbocycles. The second kappa shape index (κ2) is 4.90. The normalized spacial score (nSPS) is 31.9. The fourth-order valence-electron chi connectivity index (χ4n) is 3.21. The van der Waals surface area contributed by atoms with Crippen molar-refractivity contribution in [3.05, 3.63) is 0 Å². The van der Waals surface area contributed by atoms with Crippen molar-refractivity contribution in [1.82, 2.24) is 4.90 Å². The molecule has 1 amide bonds. The first kappa shape index (κ1) is 13.4. The van der Waals surface area contributed by atoms with E-state index in [2.05, 4.69) is 0 Å². The van der Waals surface area contributed by atoms with Gasteiger partial charge in [0.05, 0.1) is 6.04 Å². The van der Waals surface area contributed by atoms with Crippen LogP contribution in [0.25, 0.3) is 0 Å². The van der Waals surface area contributed by atoms with E-state index in [0.717, 1.165) is 19.1 Å². The molecule has 102 valence electrons. The first-order valence-corrected chi connectivity index (χ1v) is 6.87. The lowest BCUT2D eigenvalue weighted by molar-refractivity contribution is -0.112. The fraction of sp³-hybridized carbons (Fsp3) is 0.857. The summed E-state index contributed by atoms with van der Waals surface area (Å²) in [5.41, 5.74) is -0.502. The Bertz CT molecular complexity index is 334. The molecule has 2 rings (SSSR count). The van der Waals surface area contributed by atoms with Gasteiger partial charge in [0.15, 0.2) is 0 Å². The highest BCUT2D eigenvalue weighted by molar-refractivity contribution is 5.75. The van der Waals surface area contributed by atoms with E-state index in [1.54, 1.807) is 4.90 Å². The summed E-state index contributed by atoms with van der Waals surface area (Å²) in [6.45, 7) is 6.24. The molecule has 2 aliphatic rings. The molecule has 3 atom stereocenters. The van der Waals surface area contributed by atoms with Gasteiger partial charge >= 0.3 is 6.09 Å². The monoisotopic (exact) mass is 253 g/mol. The summed E-state index contributed by atoms with van der Waals surface area (Å²) in [6, 6.07) is -0.273. The molecule has 0 aromatic heterocycles. The first-order chi connectivity index (χ1) is 8.42. The van der Waals surface area contributed by atoms with Crippen LogP contribution >= 0.6 is 0 Å². The van der Waals surface area contributed by atoms with Gasteiger partial charge in [-0.05, 0) is 45.4 Å². The molecule has 1 saturated heterocycles. The number of amides is 1. The summed E-state index contributed by atoms with van der Waals surface area (Å²) in [6.07, 6.45) is 5.18. The Morgan fingerprint density at radius 1 is 1.28 bits per heavy atom. The zero-order chi connectivity index (χ0) is 13.3. The Kier molecular flexibility index (Phi) is 3.64. The van der Waals surface area contributed by atoms with Crippen molar-refractivity contribution in [2.24, 2.45) is 11.8 Å². The number of carbonyl (C=O) groups is 2. The van der Waals surface area contributed by atoms with Gasteiger partial charge in [-0.15, -0.1) is 0 Å². The number of fused-ring (bicyclic) bond motifs is 1. The molecule has 1 saturated carbocycles. The molecule has 0 aromatic carbocycles. The number of aldehydes is 1. The van der Waals surface area contributed by atoms with Crippen molar-refractivity contribution >= 4 is 12.4 Å². The van der Waals surface area contributed by atoms with Gasteiger partial charge in [0, 0.05) is 6.54 Å². The molecule has 4 nitrogen and oxygen atoms in total. The second-order valence-electron chi connectivity index (χ2n) is 6.47. The molecule has 2 fully saturated rings. The number of ether oxygens (including phenoxy) is 1. The SMILES string of the molecule is CC(C)(C)OC(=O)N1C[C@H]2CCCC[C@H]2[C@@H]1C=O. The van der Waals surface area contributed by atoms with Crippen LogP contribution in [0.3, 0.4) is 0 Å². The van der Waals surface area contributed by atoms with Gasteiger partial charge in [0.25, 0.3) is 0 Å². The maximum absolute atomic E-state index is 12.1. The van der Waals surface area contributed by atoms with Gasteiger partial charge < -0.3 is 9.53 Å². The van der Waals surface area contributed by atoms with Gasteiger partial charge in [0.1, 0.15) is 11.9 Å². The molecule has 4 heteroatoms. The first-order valence-electron chi connectivity index (χ1n) is 6.87. The molecule has 0 aromatic rings. The standard InChI is InChI=1S/C14H23NO3/c1-14(2,3)18-13(17)15-8-10-6-4-5-7-11(10)12(15)9-16/h9-12H,4-8H2,1-3H3/t10-,11-,12+/m1/s1. The third kappa shape index (κ3) is 2.68. The second-order valence-corrected chi connectivity index (χ2v) is 6.47. The maximum atomic E-state index is 12.1. The van der Waals surface area contributed by atoms with Gasteiger partial charge in [-0.25, -0.2) is 4.79 Å². The zero-order valence-corrected chi connectivity index (χ0v) is 11.5. The summed E-state index contributed by atoms with van der Waals surface area (Å²) < 4.78 is 5.39. The Hall–Kier alpha value is -1.06. The number of hydrogen-bond acceptors (Lipinski definition) is 3. The predicted molar refractivity (Wildman–Crippen MR) is 68.2 cm³/mol. The molecular formula is C14H23NO3. The Balaban J connectivity index is 2.08. The van der Waals surface area contributed by atoms with Crippen LogP contribution in [0.4, 0.5) is 4.79 Å². The van der Waals surface area contributed by atoms with Crippen LogP contribution in [0.2, 0.25) is 0 Å². The van der Waals surface area contributed by atoms with Crippen molar-refractivity contribution in [3.8, 4) is 0 Å². The number of likely N-dealkylation sites (tertiary alicyclic amines) is 1. The van der Waals surface area contributed by atoms with Crippen molar-refractivity contribution in [1.29, 1.82) is 0 Å². The highest BCUT2D eigenvalue weighted by atomic mass is 16.6. The molecule has 0 radical (unpaired) electrons. The van der Waals surface area contributed by atoms with Gasteiger partial charge in [-0.3, -0.25) is 4.90 Å². The van der Waals surface area contributed by atoms with E-state index in [1.807, 2.05) is 20.8 Å². The average molecular weight is 253 g/mol. The van der Waals surface area contributed by atoms with Crippen molar-refractivity contribution in [2.45, 2.75) is 58.1 Å². The molecule has 18 heavy (non-hydrogen) atoms. The van der Waals surface area contributed by atoms with Crippen LogP contribution in [-0.2, 0) is 9.53 Å². The van der Waals surface area contributed by atoms with Crippen LogP contribution in [0, 0.1) is 11.8 Å². The molecule has 0 unspecified atom stereocenters. The predicted octanol–water partition coefficient (Wildman–Crippen LogP) is 2.61. The van der Waals surface area contributed by atoms with Crippen molar-refractivity contribution in [3.63, 3.8) is 0 Å². The van der Waals surface area contributed by atoms with Gasteiger partial charge in [0.2, 0.25) is 0 Å². The van der Waals surface area contributed by atoms with Crippen LogP contribution in [0.15, 0.2) is 0 Å². The third-order valence-electron chi connectivity index (χ3n) is 3.97. The zero-order valence-electron chi connectivity index (χ0n) is 11.5. The molecule has 0 bridgehead atoms. The number of nitrogens with zero attached hydrogens (tertiary/aromatic N) is 1. The fourth-order valence-corrected chi connectivity index (χ4v) is 3.21. The third-order valence-corrected chi connectivity index (χ3v) is 3.97. The largest absolute Gasteiger partial charge is 0.444 e. The summed E-state index contributed by atoms with van der Waals surface area (Å²) in [5, 5.41) is 0. The van der Waals surface area contributed by atoms with Crippen molar-refractivity contribution < 1.29 is 14.3 Å². The quantitative estimate of drug-likeness (QED) is 0.675. The lowest BCUT2D eigenvalue weighted by Crippen LogP contribution is -2.42. The maximum Gasteiger partial charge on any atom is 0.410 e.